The minimum Gasteiger partial charge on any atom is -0.391 e. The molecule has 4 heterocycles. The lowest BCUT2D eigenvalue weighted by Crippen LogP contribution is -2.29. The van der Waals surface area contributed by atoms with Gasteiger partial charge in [-0.25, -0.2) is 5.53 Å². The van der Waals surface area contributed by atoms with E-state index in [9.17, 15) is 14.7 Å². The van der Waals surface area contributed by atoms with Crippen molar-refractivity contribution in [2.75, 3.05) is 10.6 Å². The fourth-order valence-electron chi connectivity index (χ4n) is 5.06. The lowest BCUT2D eigenvalue weighted by atomic mass is 9.88. The Labute approximate surface area is 238 Å². The largest absolute Gasteiger partial charge is 0.391 e. The van der Waals surface area contributed by atoms with Crippen molar-refractivity contribution in [3.8, 4) is 0 Å². The van der Waals surface area contributed by atoms with Crippen LogP contribution in [0.2, 0.25) is 0 Å². The normalized spacial score (nSPS) is 21.7. The van der Waals surface area contributed by atoms with Gasteiger partial charge in [-0.15, -0.1) is 11.3 Å². The maximum absolute atomic E-state index is 13.0. The Bertz CT molecular complexity index is 1340. The van der Waals surface area contributed by atoms with Gasteiger partial charge in [-0.1, -0.05) is 6.08 Å². The van der Waals surface area contributed by atoms with Crippen LogP contribution in [0.25, 0.3) is 5.57 Å². The monoisotopic (exact) mass is 564 g/mol. The Morgan fingerprint density at radius 1 is 1.23 bits per heavy atom. The summed E-state index contributed by atoms with van der Waals surface area (Å²) in [5, 5.41) is 23.4. The number of aromatic nitrogens is 1. The van der Waals surface area contributed by atoms with Gasteiger partial charge in [-0.2, -0.15) is 5.11 Å². The molecule has 1 saturated heterocycles. The number of amides is 2. The van der Waals surface area contributed by atoms with Crippen LogP contribution in [0.5, 0.6) is 0 Å². The molecule has 2 aliphatic heterocycles. The highest BCUT2D eigenvalue weighted by molar-refractivity contribution is 7.10. The molecule has 212 valence electrons. The zero-order valence-corrected chi connectivity index (χ0v) is 23.8. The third-order valence-corrected chi connectivity index (χ3v) is 7.89. The van der Waals surface area contributed by atoms with Gasteiger partial charge < -0.3 is 25.8 Å². The highest BCUT2D eigenvalue weighted by Crippen LogP contribution is 2.29. The Morgan fingerprint density at radius 3 is 2.65 bits per heavy atom. The van der Waals surface area contributed by atoms with Crippen molar-refractivity contribution in [2.45, 2.75) is 71.7 Å². The van der Waals surface area contributed by atoms with Gasteiger partial charge >= 0.3 is 0 Å². The maximum atomic E-state index is 13.0. The molecule has 1 unspecified atom stereocenters. The number of nitrogens with one attached hydrogen (secondary N) is 4. The molecule has 3 atom stereocenters. The molecule has 0 bridgehead atoms. The van der Waals surface area contributed by atoms with Gasteiger partial charge in [0, 0.05) is 17.5 Å². The molecular formula is C29H36N6O4S. The Balaban J connectivity index is 1.34. The van der Waals surface area contributed by atoms with E-state index in [1.165, 1.54) is 11.3 Å². The first-order valence-electron chi connectivity index (χ1n) is 13.4. The van der Waals surface area contributed by atoms with Crippen LogP contribution in [0.4, 0.5) is 11.4 Å². The van der Waals surface area contributed by atoms with Crippen LogP contribution in [0.15, 0.2) is 58.6 Å². The van der Waals surface area contributed by atoms with Crippen LogP contribution >= 0.6 is 11.3 Å². The van der Waals surface area contributed by atoms with E-state index in [2.05, 4.69) is 39.9 Å². The van der Waals surface area contributed by atoms with Gasteiger partial charge in [0.15, 0.2) is 5.70 Å². The molecule has 11 heteroatoms. The van der Waals surface area contributed by atoms with Crippen molar-refractivity contribution in [2.24, 2.45) is 11.0 Å². The third kappa shape index (κ3) is 7.71. The molecule has 2 aliphatic rings. The Kier molecular flexibility index (Phi) is 9.97. The average molecular weight is 565 g/mol. The van der Waals surface area contributed by atoms with Crippen molar-refractivity contribution in [3.05, 3.63) is 69.6 Å². The van der Waals surface area contributed by atoms with Crippen LogP contribution in [-0.2, 0) is 20.9 Å². The zero-order chi connectivity index (χ0) is 28.6. The fourth-order valence-corrected chi connectivity index (χ4v) is 5.81. The van der Waals surface area contributed by atoms with Crippen LogP contribution in [0, 0.1) is 18.4 Å². The Hall–Kier alpha value is -3.67. The summed E-state index contributed by atoms with van der Waals surface area (Å²) in [5.74, 6) is -0.105. The molecule has 0 aromatic carbocycles. The topological polar surface area (TPSA) is 149 Å². The molecule has 2 aromatic heterocycles. The van der Waals surface area contributed by atoms with Gasteiger partial charge in [-0.3, -0.25) is 14.6 Å². The van der Waals surface area contributed by atoms with E-state index in [-0.39, 0.29) is 30.4 Å². The van der Waals surface area contributed by atoms with E-state index in [0.717, 1.165) is 41.7 Å². The highest BCUT2D eigenvalue weighted by atomic mass is 32.1. The first kappa shape index (κ1) is 29.3. The van der Waals surface area contributed by atoms with Crippen molar-refractivity contribution < 1.29 is 19.4 Å². The maximum Gasteiger partial charge on any atom is 0.278 e. The fraction of sp³-hybridized carbons (Fsp3) is 0.414. The number of carbonyl (C=O) groups is 2. The minimum atomic E-state index is -0.578. The summed E-state index contributed by atoms with van der Waals surface area (Å²) in [5.41, 5.74) is 11.2. The van der Waals surface area contributed by atoms with E-state index in [1.807, 2.05) is 17.5 Å². The van der Waals surface area contributed by atoms with Gasteiger partial charge in [-0.05, 0) is 87.1 Å². The van der Waals surface area contributed by atoms with E-state index in [0.29, 0.717) is 35.1 Å². The number of aryl methyl sites for hydroxylation is 1. The number of carbonyl (C=O) groups excluding carboxylic acids is 2. The van der Waals surface area contributed by atoms with Gasteiger partial charge in [0.1, 0.15) is 0 Å². The second kappa shape index (κ2) is 13.6. The summed E-state index contributed by atoms with van der Waals surface area (Å²) >= 11 is 1.46. The molecule has 1 fully saturated rings. The summed E-state index contributed by atoms with van der Waals surface area (Å²) in [7, 11) is 0. The van der Waals surface area contributed by atoms with Crippen molar-refractivity contribution in [1.82, 2.24) is 10.3 Å². The zero-order valence-electron chi connectivity index (χ0n) is 23.0. The summed E-state index contributed by atoms with van der Waals surface area (Å²) in [6.45, 7) is 5.93. The second-order valence-corrected chi connectivity index (χ2v) is 11.3. The quantitative estimate of drug-likeness (QED) is 0.186. The van der Waals surface area contributed by atoms with Crippen molar-refractivity contribution in [1.29, 1.82) is 5.53 Å². The number of allylic oxidation sites excluding steroid dienone is 3. The smallest absolute Gasteiger partial charge is 0.278 e. The lowest BCUT2D eigenvalue weighted by molar-refractivity contribution is -0.116. The van der Waals surface area contributed by atoms with Crippen LogP contribution in [-0.4, -0.2) is 34.1 Å². The molecule has 10 nitrogen and oxygen atoms in total. The summed E-state index contributed by atoms with van der Waals surface area (Å²) in [4.78, 5) is 30.8. The molecule has 2 amide bonds. The molecule has 0 aliphatic carbocycles. The number of hydrogen-bond donors (Lipinski definition) is 5. The Morgan fingerprint density at radius 2 is 2.00 bits per heavy atom. The van der Waals surface area contributed by atoms with Crippen LogP contribution in [0.3, 0.4) is 0 Å². The number of dihydropyridines is 1. The average Bonchev–Trinajstić information content (AvgIpc) is 3.40. The van der Waals surface area contributed by atoms with E-state index >= 15 is 0 Å². The number of anilines is 2. The standard InChI is InChI=1S/C29H36N6O4S/c1-17-9-20(10-18(2)39-17)5-4-6-27(37)33-23-12-26(19(3)31-14-23)34-29(38)28(35-30)25-8-7-21(13-32-25)22-11-24(15-36)40-16-22/h7-8,11-14,16-18,20,30,32,36H,4-6,9-10,15H2,1-3H3,(H,33,37)(H,34,38)/b28-25-,35-30?/t17-,18+,20?. The van der Waals surface area contributed by atoms with E-state index in [4.69, 9.17) is 10.3 Å². The molecule has 0 saturated carbocycles. The molecular weight excluding hydrogens is 528 g/mol. The number of aliphatic hydroxyl groups excluding tert-OH is 1. The molecule has 40 heavy (non-hydrogen) atoms. The summed E-state index contributed by atoms with van der Waals surface area (Å²) in [6, 6.07) is 3.55. The van der Waals surface area contributed by atoms with E-state index in [1.54, 1.807) is 31.5 Å². The molecule has 0 spiro atoms. The highest BCUT2D eigenvalue weighted by Gasteiger charge is 2.24. The lowest BCUT2D eigenvalue weighted by Gasteiger charge is -2.32. The third-order valence-electron chi connectivity index (χ3n) is 6.97. The number of nitrogens with zero attached hydrogens (tertiary/aromatic N) is 2. The number of aliphatic hydroxyl groups is 1. The summed E-state index contributed by atoms with van der Waals surface area (Å²) < 4.78 is 5.80. The summed E-state index contributed by atoms with van der Waals surface area (Å²) in [6.07, 6.45) is 11.6. The number of pyridine rings is 1. The molecule has 4 rings (SSSR count). The molecule has 2 aromatic rings. The predicted molar refractivity (Wildman–Crippen MR) is 155 cm³/mol. The van der Waals surface area contributed by atoms with Crippen molar-refractivity contribution in [3.63, 3.8) is 0 Å². The van der Waals surface area contributed by atoms with Gasteiger partial charge in [0.25, 0.3) is 5.91 Å². The first-order chi connectivity index (χ1) is 19.2. The number of hydrogen-bond acceptors (Lipinski definition) is 9. The van der Waals surface area contributed by atoms with Gasteiger partial charge in [0.05, 0.1) is 47.8 Å². The second-order valence-electron chi connectivity index (χ2n) is 10.3. The SMILES string of the molecule is Cc1ncc(NC(=O)CCCC2C[C@@H](C)O[C@@H](C)C2)cc1NC(=O)/C(N=N)=C1\C=CC(c2csc(CO)c2)=CN1. The number of ether oxygens (including phenoxy) is 1. The minimum absolute atomic E-state index is 0.0170. The number of rotatable bonds is 10. The van der Waals surface area contributed by atoms with E-state index < -0.39 is 5.91 Å². The number of thiophene rings is 1. The van der Waals surface area contributed by atoms with Crippen LogP contribution < -0.4 is 16.0 Å². The first-order valence-corrected chi connectivity index (χ1v) is 14.3. The molecule has 5 N–H and O–H groups in total. The van der Waals surface area contributed by atoms with Crippen LogP contribution in [0.1, 0.15) is 62.1 Å². The van der Waals surface area contributed by atoms with Crippen molar-refractivity contribution >= 4 is 40.1 Å². The van der Waals surface area contributed by atoms with Gasteiger partial charge in [0.2, 0.25) is 5.91 Å². The molecule has 0 radical (unpaired) electrons. The predicted octanol–water partition coefficient (Wildman–Crippen LogP) is 5.64.